The van der Waals surface area contributed by atoms with Gasteiger partial charge in [-0.2, -0.15) is 0 Å². The van der Waals surface area contributed by atoms with Crippen molar-refractivity contribution >= 4 is 23.2 Å². The molecule has 0 N–H and O–H groups in total. The Morgan fingerprint density at radius 3 is 2.18 bits per heavy atom. The zero-order valence-corrected chi connectivity index (χ0v) is 20.9. The number of likely N-dealkylation sites (tertiary alicyclic amines) is 1. The molecule has 1 amide bonds. The summed E-state index contributed by atoms with van der Waals surface area (Å²) >= 11 is 0. The van der Waals surface area contributed by atoms with Crippen LogP contribution in [0.5, 0.6) is 5.75 Å². The predicted octanol–water partition coefficient (Wildman–Crippen LogP) is 5.55. The average molecular weight is 460 g/mol. The van der Waals surface area contributed by atoms with E-state index >= 15 is 0 Å². The largest absolute Gasteiger partial charge is 0.490 e. The molecule has 1 aliphatic rings. The van der Waals surface area contributed by atoms with Gasteiger partial charge in [-0.05, 0) is 60.1 Å². The molecular formula is C25H37N3O5. The van der Waals surface area contributed by atoms with Crippen molar-refractivity contribution in [3.63, 3.8) is 0 Å². The molecule has 2 aromatic rings. The van der Waals surface area contributed by atoms with Crippen LogP contribution < -0.4 is 4.74 Å². The van der Waals surface area contributed by atoms with Crippen LogP contribution in [0, 0.1) is 0 Å². The van der Waals surface area contributed by atoms with Crippen molar-refractivity contribution in [2.24, 2.45) is 0 Å². The lowest BCUT2D eigenvalue weighted by atomic mass is 10.1. The first-order chi connectivity index (χ1) is 15.4. The van der Waals surface area contributed by atoms with Crippen LogP contribution in [0.1, 0.15) is 73.6 Å². The van der Waals surface area contributed by atoms with Crippen LogP contribution in [0.3, 0.4) is 0 Å². The van der Waals surface area contributed by atoms with Gasteiger partial charge in [0, 0.05) is 38.4 Å². The van der Waals surface area contributed by atoms with Crippen molar-refractivity contribution in [3.05, 3.63) is 24.0 Å². The van der Waals surface area contributed by atoms with Gasteiger partial charge in [-0.1, -0.05) is 6.92 Å². The van der Waals surface area contributed by atoms with E-state index in [1.54, 1.807) is 9.47 Å². The minimum absolute atomic E-state index is 0.0193. The third-order valence-corrected chi connectivity index (χ3v) is 5.14. The number of nitrogens with zero attached hydrogens (tertiary/aromatic N) is 3. The summed E-state index contributed by atoms with van der Waals surface area (Å²) in [6, 6.07) is 5.61. The van der Waals surface area contributed by atoms with Crippen LogP contribution >= 0.6 is 0 Å². The van der Waals surface area contributed by atoms with Gasteiger partial charge in [0.15, 0.2) is 0 Å². The Kier molecular flexibility index (Phi) is 7.24. The molecule has 3 rings (SSSR count). The second-order valence-electron chi connectivity index (χ2n) is 10.5. The minimum Gasteiger partial charge on any atom is -0.490 e. The number of aryl methyl sites for hydroxylation is 1. The van der Waals surface area contributed by atoms with E-state index in [2.05, 4.69) is 11.9 Å². The number of carbonyl (C=O) groups is 2. The topological polar surface area (TPSA) is 82.9 Å². The third kappa shape index (κ3) is 6.62. The van der Waals surface area contributed by atoms with Crippen LogP contribution in [0.2, 0.25) is 0 Å². The normalized spacial score (nSPS) is 15.5. The first-order valence-corrected chi connectivity index (χ1v) is 11.8. The molecule has 2 heterocycles. The number of piperidine rings is 1. The van der Waals surface area contributed by atoms with E-state index in [-0.39, 0.29) is 12.2 Å². The number of hydrogen-bond acceptors (Lipinski definition) is 6. The highest BCUT2D eigenvalue weighted by molar-refractivity contribution is 5.88. The SMILES string of the molecule is CCCc1nc2ccc(OC3CCN(C(=O)OC(C)(C)C)CC3)cc2n1C(=O)OC(C)(C)C. The van der Waals surface area contributed by atoms with Crippen LogP contribution in [0.15, 0.2) is 18.2 Å². The monoisotopic (exact) mass is 459 g/mol. The van der Waals surface area contributed by atoms with E-state index < -0.39 is 17.3 Å². The zero-order chi connectivity index (χ0) is 24.4. The van der Waals surface area contributed by atoms with Gasteiger partial charge in [0.05, 0.1) is 11.0 Å². The molecule has 8 nitrogen and oxygen atoms in total. The summed E-state index contributed by atoms with van der Waals surface area (Å²) in [4.78, 5) is 31.6. The minimum atomic E-state index is -0.604. The number of ether oxygens (including phenoxy) is 3. The Hall–Kier alpha value is -2.77. The first-order valence-electron chi connectivity index (χ1n) is 11.8. The molecule has 1 aliphatic heterocycles. The number of carbonyl (C=O) groups excluding carboxylic acids is 2. The van der Waals surface area contributed by atoms with E-state index in [0.717, 1.165) is 11.9 Å². The smallest absolute Gasteiger partial charge is 0.420 e. The van der Waals surface area contributed by atoms with Crippen molar-refractivity contribution < 1.29 is 23.8 Å². The maximum absolute atomic E-state index is 12.9. The Bertz CT molecular complexity index is 992. The number of aromatic nitrogens is 2. The number of hydrogen-bond donors (Lipinski definition) is 0. The molecule has 1 fully saturated rings. The molecular weight excluding hydrogens is 422 g/mol. The molecule has 0 saturated carbocycles. The zero-order valence-electron chi connectivity index (χ0n) is 20.9. The van der Waals surface area contributed by atoms with Crippen LogP contribution in [0.4, 0.5) is 9.59 Å². The standard InChI is InChI=1S/C25H37N3O5/c1-8-9-21-26-19-11-10-18(16-20(19)28(21)23(30)33-25(5,6)7)31-17-12-14-27(15-13-17)22(29)32-24(2,3)4/h10-11,16-17H,8-9,12-15H2,1-7H3. The molecule has 8 heteroatoms. The van der Waals surface area contributed by atoms with Gasteiger partial charge in [0.25, 0.3) is 0 Å². The Labute approximate surface area is 196 Å². The third-order valence-electron chi connectivity index (χ3n) is 5.14. The molecule has 0 spiro atoms. The van der Waals surface area contributed by atoms with Gasteiger partial charge in [-0.15, -0.1) is 0 Å². The predicted molar refractivity (Wildman–Crippen MR) is 127 cm³/mol. The van der Waals surface area contributed by atoms with Crippen LogP contribution in [-0.4, -0.2) is 57.0 Å². The highest BCUT2D eigenvalue weighted by atomic mass is 16.6. The van der Waals surface area contributed by atoms with Crippen molar-refractivity contribution in [3.8, 4) is 5.75 Å². The quantitative estimate of drug-likeness (QED) is 0.596. The molecule has 0 bridgehead atoms. The first kappa shape index (κ1) is 24.9. The van der Waals surface area contributed by atoms with Gasteiger partial charge >= 0.3 is 12.2 Å². The fourth-order valence-electron chi connectivity index (χ4n) is 3.76. The molecule has 0 aliphatic carbocycles. The number of fused-ring (bicyclic) bond motifs is 1. The lowest BCUT2D eigenvalue weighted by Crippen LogP contribution is -2.44. The van der Waals surface area contributed by atoms with E-state index in [4.69, 9.17) is 14.2 Å². The summed E-state index contributed by atoms with van der Waals surface area (Å²) in [5.41, 5.74) is 0.300. The van der Waals surface area contributed by atoms with Gasteiger partial charge in [0.2, 0.25) is 0 Å². The number of benzene rings is 1. The summed E-state index contributed by atoms with van der Waals surface area (Å²) in [5.74, 6) is 1.36. The molecule has 182 valence electrons. The average Bonchev–Trinajstić information content (AvgIpc) is 3.03. The maximum atomic E-state index is 12.9. The van der Waals surface area contributed by atoms with E-state index in [0.29, 0.717) is 49.4 Å². The Morgan fingerprint density at radius 1 is 1.00 bits per heavy atom. The lowest BCUT2D eigenvalue weighted by Gasteiger charge is -2.33. The van der Waals surface area contributed by atoms with E-state index in [1.807, 2.05) is 59.7 Å². The summed E-state index contributed by atoms with van der Waals surface area (Å²) < 4.78 is 18.9. The number of imidazole rings is 1. The summed E-state index contributed by atoms with van der Waals surface area (Å²) in [5, 5.41) is 0. The molecule has 33 heavy (non-hydrogen) atoms. The highest BCUT2D eigenvalue weighted by Crippen LogP contribution is 2.27. The second kappa shape index (κ2) is 9.61. The summed E-state index contributed by atoms with van der Waals surface area (Å²) in [7, 11) is 0. The van der Waals surface area contributed by atoms with Crippen molar-refractivity contribution in [2.75, 3.05) is 13.1 Å². The number of rotatable bonds is 4. The van der Waals surface area contributed by atoms with Crippen LogP contribution in [0.25, 0.3) is 11.0 Å². The molecule has 0 unspecified atom stereocenters. The molecule has 1 aromatic heterocycles. The fourth-order valence-corrected chi connectivity index (χ4v) is 3.76. The lowest BCUT2D eigenvalue weighted by molar-refractivity contribution is 0.0126. The Balaban J connectivity index is 1.74. The molecule has 0 radical (unpaired) electrons. The molecule has 0 atom stereocenters. The Morgan fingerprint density at radius 2 is 1.61 bits per heavy atom. The molecule has 1 aromatic carbocycles. The van der Waals surface area contributed by atoms with Crippen molar-refractivity contribution in [1.82, 2.24) is 14.5 Å². The maximum Gasteiger partial charge on any atom is 0.420 e. The van der Waals surface area contributed by atoms with Gasteiger partial charge in [-0.25, -0.2) is 19.1 Å². The van der Waals surface area contributed by atoms with E-state index in [1.165, 1.54) is 0 Å². The fraction of sp³-hybridized carbons (Fsp3) is 0.640. The highest BCUT2D eigenvalue weighted by Gasteiger charge is 2.28. The number of amides is 1. The van der Waals surface area contributed by atoms with Gasteiger partial charge < -0.3 is 19.1 Å². The van der Waals surface area contributed by atoms with Gasteiger partial charge in [0.1, 0.15) is 28.9 Å². The summed E-state index contributed by atoms with van der Waals surface area (Å²) in [6.07, 6.45) is 2.23. The van der Waals surface area contributed by atoms with Crippen LogP contribution in [-0.2, 0) is 15.9 Å². The van der Waals surface area contributed by atoms with Crippen molar-refractivity contribution in [1.29, 1.82) is 0 Å². The van der Waals surface area contributed by atoms with Gasteiger partial charge in [-0.3, -0.25) is 0 Å². The molecule has 1 saturated heterocycles. The van der Waals surface area contributed by atoms with Crippen molar-refractivity contribution in [2.45, 2.75) is 91.5 Å². The summed E-state index contributed by atoms with van der Waals surface area (Å²) in [6.45, 7) is 14.4. The van der Waals surface area contributed by atoms with E-state index in [9.17, 15) is 9.59 Å². The second-order valence-corrected chi connectivity index (χ2v) is 10.5.